The monoisotopic (exact) mass is 232 g/mol. The highest BCUT2D eigenvalue weighted by Crippen LogP contribution is 2.26. The van der Waals surface area contributed by atoms with Gasteiger partial charge in [-0.05, 0) is 25.7 Å². The van der Waals surface area contributed by atoms with E-state index in [0.717, 1.165) is 12.8 Å². The first-order valence-corrected chi connectivity index (χ1v) is 7.23. The molecule has 2 unspecified atom stereocenters. The Morgan fingerprint density at radius 1 is 1.20 bits per heavy atom. The zero-order chi connectivity index (χ0) is 11.6. The van der Waals surface area contributed by atoms with Crippen LogP contribution >= 0.6 is 0 Å². The van der Waals surface area contributed by atoms with Gasteiger partial charge in [-0.2, -0.15) is 0 Å². The molecular weight excluding hydrogens is 212 g/mol. The van der Waals surface area contributed by atoms with Crippen molar-refractivity contribution in [1.29, 1.82) is 0 Å². The molecule has 15 heavy (non-hydrogen) atoms. The van der Waals surface area contributed by atoms with Crippen molar-refractivity contribution in [1.82, 2.24) is 0 Å². The van der Waals surface area contributed by atoms with Crippen molar-refractivity contribution in [2.75, 3.05) is 0 Å². The molecule has 0 aliphatic heterocycles. The van der Waals surface area contributed by atoms with Crippen LogP contribution in [0.2, 0.25) is 0 Å². The topological polar surface area (TPSA) is 51.2 Å². The van der Waals surface area contributed by atoms with E-state index in [-0.39, 0.29) is 11.7 Å². The van der Waals surface area contributed by atoms with Crippen LogP contribution in [-0.2, 0) is 14.6 Å². The van der Waals surface area contributed by atoms with Crippen LogP contribution in [0.25, 0.3) is 0 Å². The summed E-state index contributed by atoms with van der Waals surface area (Å²) < 4.78 is 24.2. The largest absolute Gasteiger partial charge is 0.298 e. The molecule has 1 saturated carbocycles. The first kappa shape index (κ1) is 12.7. The molecule has 2 atom stereocenters. The van der Waals surface area contributed by atoms with Crippen LogP contribution in [0.5, 0.6) is 0 Å². The minimum atomic E-state index is -3.26. The van der Waals surface area contributed by atoms with Gasteiger partial charge < -0.3 is 0 Å². The van der Waals surface area contributed by atoms with E-state index < -0.39 is 20.3 Å². The zero-order valence-corrected chi connectivity index (χ0v) is 10.5. The van der Waals surface area contributed by atoms with Crippen molar-refractivity contribution < 1.29 is 13.2 Å². The zero-order valence-electron chi connectivity index (χ0n) is 9.69. The Kier molecular flexibility index (Phi) is 3.93. The van der Waals surface area contributed by atoms with Gasteiger partial charge >= 0.3 is 0 Å². The van der Waals surface area contributed by atoms with Gasteiger partial charge in [0.25, 0.3) is 0 Å². The van der Waals surface area contributed by atoms with Gasteiger partial charge in [-0.1, -0.05) is 20.3 Å². The number of Topliss-reactive ketones (excluding diaryl/α,β-unsaturated/α-hetero) is 1. The molecule has 0 spiro atoms. The van der Waals surface area contributed by atoms with Crippen LogP contribution in [0, 0.1) is 5.92 Å². The SMILES string of the molecule is CC(C)C(C)S(=O)(=O)C1CCCCC1=O. The fourth-order valence-electron chi connectivity index (χ4n) is 1.94. The molecule has 0 aromatic heterocycles. The van der Waals surface area contributed by atoms with Gasteiger partial charge in [-0.25, -0.2) is 8.42 Å². The number of carbonyl (C=O) groups excluding carboxylic acids is 1. The predicted molar refractivity (Wildman–Crippen MR) is 60.5 cm³/mol. The second-order valence-electron chi connectivity index (χ2n) is 4.74. The first-order chi connectivity index (χ1) is 6.87. The molecule has 0 heterocycles. The number of hydrogen-bond donors (Lipinski definition) is 0. The molecular formula is C11H20O3S. The van der Waals surface area contributed by atoms with Crippen LogP contribution in [0.1, 0.15) is 46.5 Å². The summed E-state index contributed by atoms with van der Waals surface area (Å²) in [5.41, 5.74) is 0. The molecule has 1 aliphatic rings. The van der Waals surface area contributed by atoms with E-state index in [4.69, 9.17) is 0 Å². The van der Waals surface area contributed by atoms with Crippen molar-refractivity contribution in [2.24, 2.45) is 5.92 Å². The van der Waals surface area contributed by atoms with E-state index in [1.54, 1.807) is 6.92 Å². The third-order valence-electron chi connectivity index (χ3n) is 3.35. The summed E-state index contributed by atoms with van der Waals surface area (Å²) in [7, 11) is -3.26. The molecule has 0 aromatic rings. The molecule has 0 saturated heterocycles. The van der Waals surface area contributed by atoms with Crippen LogP contribution in [0.3, 0.4) is 0 Å². The Morgan fingerprint density at radius 3 is 2.27 bits per heavy atom. The van der Waals surface area contributed by atoms with Gasteiger partial charge in [0.05, 0.1) is 5.25 Å². The lowest BCUT2D eigenvalue weighted by molar-refractivity contribution is -0.119. The van der Waals surface area contributed by atoms with Crippen molar-refractivity contribution in [3.05, 3.63) is 0 Å². The molecule has 88 valence electrons. The second kappa shape index (κ2) is 4.64. The summed E-state index contributed by atoms with van der Waals surface area (Å²) >= 11 is 0. The van der Waals surface area contributed by atoms with Crippen LogP contribution in [-0.4, -0.2) is 24.7 Å². The Balaban J connectivity index is 2.89. The van der Waals surface area contributed by atoms with E-state index in [1.807, 2.05) is 13.8 Å². The summed E-state index contributed by atoms with van der Waals surface area (Å²) in [6, 6.07) is 0. The average molecular weight is 232 g/mol. The Morgan fingerprint density at radius 2 is 1.80 bits per heavy atom. The van der Waals surface area contributed by atoms with Crippen LogP contribution < -0.4 is 0 Å². The molecule has 3 nitrogen and oxygen atoms in total. The third kappa shape index (κ3) is 2.60. The molecule has 0 aromatic carbocycles. The van der Waals surface area contributed by atoms with Crippen molar-refractivity contribution in [2.45, 2.75) is 57.0 Å². The maximum absolute atomic E-state index is 12.1. The lowest BCUT2D eigenvalue weighted by Crippen LogP contribution is -2.40. The minimum Gasteiger partial charge on any atom is -0.298 e. The van der Waals surface area contributed by atoms with Crippen molar-refractivity contribution in [3.8, 4) is 0 Å². The smallest absolute Gasteiger partial charge is 0.163 e. The number of carbonyl (C=O) groups is 1. The summed E-state index contributed by atoms with van der Waals surface area (Å²) in [4.78, 5) is 11.6. The fourth-order valence-corrected chi connectivity index (χ4v) is 4.19. The maximum atomic E-state index is 12.1. The first-order valence-electron chi connectivity index (χ1n) is 5.62. The standard InChI is InChI=1S/C11H20O3S/c1-8(2)9(3)15(13,14)11-7-5-4-6-10(11)12/h8-9,11H,4-7H2,1-3H3. The Hall–Kier alpha value is -0.380. The molecule has 0 bridgehead atoms. The molecule has 0 amide bonds. The third-order valence-corrected chi connectivity index (χ3v) is 6.22. The van der Waals surface area contributed by atoms with Crippen LogP contribution in [0.15, 0.2) is 0 Å². The number of ketones is 1. The normalized spacial score (nSPS) is 25.6. The van der Waals surface area contributed by atoms with Gasteiger partial charge in [-0.15, -0.1) is 0 Å². The summed E-state index contributed by atoms with van der Waals surface area (Å²) in [5.74, 6) is -0.00141. The minimum absolute atomic E-state index is 0.0738. The quantitative estimate of drug-likeness (QED) is 0.747. The average Bonchev–Trinajstić information content (AvgIpc) is 2.16. The van der Waals surface area contributed by atoms with Gasteiger partial charge in [-0.3, -0.25) is 4.79 Å². The van der Waals surface area contributed by atoms with E-state index >= 15 is 0 Å². The molecule has 4 heteroatoms. The van der Waals surface area contributed by atoms with E-state index in [1.165, 1.54) is 0 Å². The Bertz CT molecular complexity index is 330. The fraction of sp³-hybridized carbons (Fsp3) is 0.909. The van der Waals surface area contributed by atoms with E-state index in [2.05, 4.69) is 0 Å². The van der Waals surface area contributed by atoms with Gasteiger partial charge in [0.1, 0.15) is 5.25 Å². The summed E-state index contributed by atoms with van der Waals surface area (Å²) in [6.07, 6.45) is 2.67. The number of rotatable bonds is 3. The molecule has 1 aliphatic carbocycles. The molecule has 1 fully saturated rings. The van der Waals surface area contributed by atoms with E-state index in [9.17, 15) is 13.2 Å². The lowest BCUT2D eigenvalue weighted by Gasteiger charge is -2.25. The molecule has 0 radical (unpaired) electrons. The highest BCUT2D eigenvalue weighted by molar-refractivity contribution is 7.93. The Labute approximate surface area is 92.2 Å². The highest BCUT2D eigenvalue weighted by Gasteiger charge is 2.38. The molecule has 0 N–H and O–H groups in total. The predicted octanol–water partition coefficient (Wildman–Crippen LogP) is 1.96. The van der Waals surface area contributed by atoms with Gasteiger partial charge in [0, 0.05) is 6.42 Å². The maximum Gasteiger partial charge on any atom is 0.163 e. The number of hydrogen-bond acceptors (Lipinski definition) is 3. The highest BCUT2D eigenvalue weighted by atomic mass is 32.2. The van der Waals surface area contributed by atoms with E-state index in [0.29, 0.717) is 12.8 Å². The van der Waals surface area contributed by atoms with Crippen LogP contribution in [0.4, 0.5) is 0 Å². The summed E-state index contributed by atoms with van der Waals surface area (Å²) in [5, 5.41) is -1.13. The lowest BCUT2D eigenvalue weighted by atomic mass is 9.99. The summed E-state index contributed by atoms with van der Waals surface area (Å²) in [6.45, 7) is 5.48. The van der Waals surface area contributed by atoms with Crippen molar-refractivity contribution >= 4 is 15.6 Å². The van der Waals surface area contributed by atoms with Gasteiger partial charge in [0.15, 0.2) is 15.6 Å². The second-order valence-corrected chi connectivity index (χ2v) is 7.23. The molecule has 1 rings (SSSR count). The van der Waals surface area contributed by atoms with Crippen molar-refractivity contribution in [3.63, 3.8) is 0 Å². The number of sulfone groups is 1. The van der Waals surface area contributed by atoms with Gasteiger partial charge in [0.2, 0.25) is 0 Å².